The smallest absolute Gasteiger partial charge is 0.00953 e. The Morgan fingerprint density at radius 1 is 0.667 bits per heavy atom. The highest BCUT2D eigenvalue weighted by Gasteiger charge is 2.24. The molecule has 2 aliphatic rings. The van der Waals surface area contributed by atoms with Gasteiger partial charge in [-0.2, -0.15) is 0 Å². The summed E-state index contributed by atoms with van der Waals surface area (Å²) in [5.74, 6) is 1.90. The molecule has 3 unspecified atom stereocenters. The minimum Gasteiger partial charge on any atom is -0.314 e. The minimum atomic E-state index is 0.575. The highest BCUT2D eigenvalue weighted by Crippen LogP contribution is 2.33. The SMILES string of the molecule is CC1CCCCCCC(C2CCCC(C)(C)CCCCN2)CCC1. The van der Waals surface area contributed by atoms with E-state index < -0.39 is 0 Å². The van der Waals surface area contributed by atoms with Crippen LogP contribution >= 0.6 is 0 Å². The minimum absolute atomic E-state index is 0.575. The lowest BCUT2D eigenvalue weighted by atomic mass is 9.79. The van der Waals surface area contributed by atoms with Crippen molar-refractivity contribution in [3.05, 3.63) is 0 Å². The van der Waals surface area contributed by atoms with Gasteiger partial charge in [-0.1, -0.05) is 78.6 Å². The van der Waals surface area contributed by atoms with Crippen LogP contribution in [0.5, 0.6) is 0 Å². The lowest BCUT2D eigenvalue weighted by Gasteiger charge is -2.32. The van der Waals surface area contributed by atoms with Crippen molar-refractivity contribution >= 4 is 0 Å². The second-order valence-electron chi connectivity index (χ2n) is 9.86. The van der Waals surface area contributed by atoms with Crippen molar-refractivity contribution in [2.45, 2.75) is 123 Å². The van der Waals surface area contributed by atoms with Crippen molar-refractivity contribution in [2.24, 2.45) is 17.3 Å². The number of rotatable bonds is 1. The van der Waals surface area contributed by atoms with Crippen LogP contribution in [0.15, 0.2) is 0 Å². The molecular weight excluding hydrogens is 290 g/mol. The first kappa shape index (κ1) is 20.3. The molecule has 1 aliphatic heterocycles. The van der Waals surface area contributed by atoms with Crippen LogP contribution in [-0.2, 0) is 0 Å². The first-order valence-electron chi connectivity index (χ1n) is 11.3. The predicted molar refractivity (Wildman–Crippen MR) is 107 cm³/mol. The van der Waals surface area contributed by atoms with Gasteiger partial charge in [-0.3, -0.25) is 0 Å². The maximum absolute atomic E-state index is 4.00. The van der Waals surface area contributed by atoms with E-state index in [2.05, 4.69) is 26.1 Å². The lowest BCUT2D eigenvalue weighted by molar-refractivity contribution is 0.231. The summed E-state index contributed by atoms with van der Waals surface area (Å²) >= 11 is 0. The third-order valence-electron chi connectivity index (χ3n) is 6.92. The molecule has 0 bridgehead atoms. The van der Waals surface area contributed by atoms with Crippen LogP contribution in [0.1, 0.15) is 117 Å². The molecule has 3 atom stereocenters. The zero-order valence-corrected chi connectivity index (χ0v) is 17.0. The van der Waals surface area contributed by atoms with E-state index in [-0.39, 0.29) is 0 Å². The van der Waals surface area contributed by atoms with E-state index in [1.165, 1.54) is 103 Å². The molecule has 2 fully saturated rings. The van der Waals surface area contributed by atoms with Gasteiger partial charge < -0.3 is 5.32 Å². The molecule has 1 saturated carbocycles. The molecule has 0 spiro atoms. The topological polar surface area (TPSA) is 12.0 Å². The molecule has 1 nitrogen and oxygen atoms in total. The maximum Gasteiger partial charge on any atom is 0.00953 e. The first-order valence-corrected chi connectivity index (χ1v) is 11.3. The van der Waals surface area contributed by atoms with Gasteiger partial charge in [-0.15, -0.1) is 0 Å². The van der Waals surface area contributed by atoms with E-state index in [4.69, 9.17) is 0 Å². The summed E-state index contributed by atoms with van der Waals surface area (Å²) in [5.41, 5.74) is 0.575. The van der Waals surface area contributed by atoms with Crippen LogP contribution in [0.25, 0.3) is 0 Å². The average molecular weight is 336 g/mol. The van der Waals surface area contributed by atoms with E-state index in [0.717, 1.165) is 17.9 Å². The van der Waals surface area contributed by atoms with Crippen LogP contribution in [0.3, 0.4) is 0 Å². The van der Waals surface area contributed by atoms with Crippen molar-refractivity contribution in [1.29, 1.82) is 0 Å². The number of hydrogen-bond donors (Lipinski definition) is 1. The van der Waals surface area contributed by atoms with Crippen molar-refractivity contribution in [3.63, 3.8) is 0 Å². The molecule has 1 saturated heterocycles. The summed E-state index contributed by atoms with van der Waals surface area (Å²) in [4.78, 5) is 0. The van der Waals surface area contributed by atoms with Gasteiger partial charge in [-0.05, 0) is 62.3 Å². The molecule has 2 rings (SSSR count). The molecular formula is C23H45N. The Balaban J connectivity index is 1.90. The fraction of sp³-hybridized carbons (Fsp3) is 1.00. The Labute approximate surface area is 152 Å². The fourth-order valence-corrected chi connectivity index (χ4v) is 5.12. The predicted octanol–water partition coefficient (Wildman–Crippen LogP) is 7.10. The quantitative estimate of drug-likeness (QED) is 0.538. The van der Waals surface area contributed by atoms with E-state index in [1.807, 2.05) is 0 Å². The fourth-order valence-electron chi connectivity index (χ4n) is 5.12. The first-order chi connectivity index (χ1) is 11.6. The Morgan fingerprint density at radius 3 is 2.17 bits per heavy atom. The van der Waals surface area contributed by atoms with Gasteiger partial charge in [0.05, 0.1) is 0 Å². The Morgan fingerprint density at radius 2 is 1.33 bits per heavy atom. The van der Waals surface area contributed by atoms with Crippen molar-refractivity contribution in [3.8, 4) is 0 Å². The van der Waals surface area contributed by atoms with Crippen LogP contribution in [-0.4, -0.2) is 12.6 Å². The summed E-state index contributed by atoms with van der Waals surface area (Å²) < 4.78 is 0. The Bertz CT molecular complexity index is 322. The largest absolute Gasteiger partial charge is 0.314 e. The standard InChI is InChI=1S/C23H45N/c1-20-12-6-4-5-7-14-21(15-10-13-20)22-16-11-18-23(2,3)17-8-9-19-24-22/h20-22,24H,4-19H2,1-3H3. The van der Waals surface area contributed by atoms with Gasteiger partial charge in [-0.25, -0.2) is 0 Å². The zero-order valence-electron chi connectivity index (χ0n) is 17.0. The Kier molecular flexibility index (Phi) is 9.16. The summed E-state index contributed by atoms with van der Waals surface area (Å²) in [6.07, 6.45) is 21.8. The molecule has 1 N–H and O–H groups in total. The highest BCUT2D eigenvalue weighted by atomic mass is 14.9. The molecule has 0 aromatic rings. The van der Waals surface area contributed by atoms with E-state index in [1.54, 1.807) is 0 Å². The molecule has 142 valence electrons. The second-order valence-corrected chi connectivity index (χ2v) is 9.86. The lowest BCUT2D eigenvalue weighted by Crippen LogP contribution is -2.38. The van der Waals surface area contributed by atoms with Gasteiger partial charge in [0.1, 0.15) is 0 Å². The van der Waals surface area contributed by atoms with Crippen LogP contribution < -0.4 is 5.32 Å². The van der Waals surface area contributed by atoms with Gasteiger partial charge in [0, 0.05) is 6.04 Å². The van der Waals surface area contributed by atoms with Crippen LogP contribution in [0, 0.1) is 17.3 Å². The summed E-state index contributed by atoms with van der Waals surface area (Å²) in [7, 11) is 0. The van der Waals surface area contributed by atoms with Crippen LogP contribution in [0.2, 0.25) is 0 Å². The molecule has 0 aromatic carbocycles. The molecule has 0 amide bonds. The van der Waals surface area contributed by atoms with Crippen LogP contribution in [0.4, 0.5) is 0 Å². The molecule has 1 heteroatoms. The van der Waals surface area contributed by atoms with Gasteiger partial charge in [0.15, 0.2) is 0 Å². The molecule has 0 aromatic heterocycles. The molecule has 1 heterocycles. The van der Waals surface area contributed by atoms with E-state index in [9.17, 15) is 0 Å². The third-order valence-corrected chi connectivity index (χ3v) is 6.92. The second kappa shape index (κ2) is 10.8. The van der Waals surface area contributed by atoms with Gasteiger partial charge in [0.2, 0.25) is 0 Å². The van der Waals surface area contributed by atoms with Crippen molar-refractivity contribution in [1.82, 2.24) is 5.32 Å². The molecule has 24 heavy (non-hydrogen) atoms. The number of nitrogens with one attached hydrogen (secondary N) is 1. The zero-order chi connectivity index (χ0) is 17.3. The third kappa shape index (κ3) is 7.89. The van der Waals surface area contributed by atoms with Crippen molar-refractivity contribution in [2.75, 3.05) is 6.54 Å². The number of hydrogen-bond acceptors (Lipinski definition) is 1. The molecule has 1 aliphatic carbocycles. The maximum atomic E-state index is 4.00. The summed E-state index contributed by atoms with van der Waals surface area (Å²) in [6, 6.07) is 0.801. The van der Waals surface area contributed by atoms with E-state index in [0.29, 0.717) is 5.41 Å². The average Bonchev–Trinajstić information content (AvgIpc) is 2.58. The van der Waals surface area contributed by atoms with Gasteiger partial charge in [0.25, 0.3) is 0 Å². The normalized spacial score (nSPS) is 34.9. The van der Waals surface area contributed by atoms with Crippen molar-refractivity contribution < 1.29 is 0 Å². The van der Waals surface area contributed by atoms with Gasteiger partial charge >= 0.3 is 0 Å². The monoisotopic (exact) mass is 335 g/mol. The highest BCUT2D eigenvalue weighted by molar-refractivity contribution is 4.80. The van der Waals surface area contributed by atoms with E-state index >= 15 is 0 Å². The summed E-state index contributed by atoms with van der Waals surface area (Å²) in [6.45, 7) is 8.72. The summed E-state index contributed by atoms with van der Waals surface area (Å²) in [5, 5.41) is 4.00. The Hall–Kier alpha value is -0.0400. The molecule has 0 radical (unpaired) electrons.